The molecule has 3 aromatic carbocycles. The molecule has 1 amide bonds. The fourth-order valence-corrected chi connectivity index (χ4v) is 4.17. The molecule has 0 bridgehead atoms. The van der Waals surface area contributed by atoms with E-state index in [1.165, 1.54) is 22.3 Å². The van der Waals surface area contributed by atoms with E-state index in [1.807, 2.05) is 66.9 Å². The maximum absolute atomic E-state index is 12.2. The lowest BCUT2D eigenvalue weighted by molar-refractivity contribution is 0.144. The van der Waals surface area contributed by atoms with Crippen LogP contribution in [0, 0.1) is 0 Å². The monoisotopic (exact) mass is 406 g/mol. The Balaban J connectivity index is 1.17. The normalized spacial score (nSPS) is 12.6. The van der Waals surface area contributed by atoms with Crippen molar-refractivity contribution in [2.75, 3.05) is 13.2 Å². The Labute approximate surface area is 181 Å². The molecule has 1 aliphatic carbocycles. The van der Waals surface area contributed by atoms with Gasteiger partial charge in [-0.2, -0.15) is 0 Å². The Morgan fingerprint density at radius 1 is 0.935 bits per heavy atom. The first-order chi connectivity index (χ1) is 15.3. The lowest BCUT2D eigenvalue weighted by Gasteiger charge is -2.14. The van der Waals surface area contributed by atoms with Gasteiger partial charge >= 0.3 is 6.09 Å². The van der Waals surface area contributed by atoms with E-state index in [1.54, 1.807) is 0 Å². The maximum Gasteiger partial charge on any atom is 0.407 e. The SMILES string of the molecule is O=C(NCC=Cc1cnc2ccccc2c1)OCC1c2ccccc2-c2ccccc21. The molecule has 0 saturated heterocycles. The molecule has 4 nitrogen and oxygen atoms in total. The highest BCUT2D eigenvalue weighted by atomic mass is 16.5. The van der Waals surface area contributed by atoms with E-state index in [4.69, 9.17) is 4.74 Å². The smallest absolute Gasteiger partial charge is 0.407 e. The van der Waals surface area contributed by atoms with Crippen LogP contribution in [0.15, 0.2) is 91.1 Å². The largest absolute Gasteiger partial charge is 0.449 e. The number of alkyl carbamates (subject to hydrolysis) is 1. The maximum atomic E-state index is 12.2. The highest BCUT2D eigenvalue weighted by Gasteiger charge is 2.28. The average molecular weight is 406 g/mol. The van der Waals surface area contributed by atoms with Crippen LogP contribution in [-0.2, 0) is 4.74 Å². The molecular weight excluding hydrogens is 384 g/mol. The first kappa shape index (κ1) is 19.1. The summed E-state index contributed by atoms with van der Waals surface area (Å²) in [5.41, 5.74) is 6.82. The number of benzene rings is 3. The Bertz CT molecular complexity index is 1230. The second-order valence-corrected chi connectivity index (χ2v) is 7.57. The zero-order chi connectivity index (χ0) is 21.0. The summed E-state index contributed by atoms with van der Waals surface area (Å²) in [6, 6.07) is 26.7. The third kappa shape index (κ3) is 3.92. The molecule has 1 N–H and O–H groups in total. The van der Waals surface area contributed by atoms with Gasteiger partial charge in [0.15, 0.2) is 0 Å². The van der Waals surface area contributed by atoms with Crippen molar-refractivity contribution in [1.82, 2.24) is 10.3 Å². The fourth-order valence-electron chi connectivity index (χ4n) is 4.17. The number of hydrogen-bond donors (Lipinski definition) is 1. The number of amides is 1. The molecule has 4 heteroatoms. The number of hydrogen-bond acceptors (Lipinski definition) is 3. The Morgan fingerprint density at radius 3 is 2.39 bits per heavy atom. The first-order valence-corrected chi connectivity index (χ1v) is 10.4. The molecule has 0 saturated carbocycles. The van der Waals surface area contributed by atoms with E-state index in [0.29, 0.717) is 13.2 Å². The van der Waals surface area contributed by atoms with E-state index in [0.717, 1.165) is 16.5 Å². The summed E-state index contributed by atoms with van der Waals surface area (Å²) < 4.78 is 5.55. The van der Waals surface area contributed by atoms with Crippen molar-refractivity contribution in [2.45, 2.75) is 5.92 Å². The lowest BCUT2D eigenvalue weighted by atomic mass is 9.98. The van der Waals surface area contributed by atoms with Crippen molar-refractivity contribution in [3.63, 3.8) is 0 Å². The zero-order valence-corrected chi connectivity index (χ0v) is 17.0. The topological polar surface area (TPSA) is 51.2 Å². The summed E-state index contributed by atoms with van der Waals surface area (Å²) in [5.74, 6) is 0.0670. The fraction of sp³-hybridized carbons (Fsp3) is 0.111. The van der Waals surface area contributed by atoms with E-state index in [9.17, 15) is 4.79 Å². The average Bonchev–Trinajstić information content (AvgIpc) is 3.14. The molecule has 0 fully saturated rings. The molecule has 0 spiro atoms. The molecule has 4 aromatic rings. The van der Waals surface area contributed by atoms with Gasteiger partial charge in [-0.1, -0.05) is 78.9 Å². The number of para-hydroxylation sites is 1. The molecule has 1 aliphatic rings. The van der Waals surface area contributed by atoms with Gasteiger partial charge in [0.2, 0.25) is 0 Å². The van der Waals surface area contributed by atoms with Gasteiger partial charge in [0.25, 0.3) is 0 Å². The van der Waals surface area contributed by atoms with Crippen LogP contribution in [0.25, 0.3) is 28.1 Å². The standard InChI is InChI=1S/C27H22N2O2/c30-27(28-15-7-8-19-16-20-9-1-6-14-26(20)29-17-19)31-18-25-23-12-4-2-10-21(23)22-11-3-5-13-24(22)25/h1-14,16-17,25H,15,18H2,(H,28,30). The van der Waals surface area contributed by atoms with Crippen molar-refractivity contribution in [1.29, 1.82) is 0 Å². The predicted octanol–water partition coefficient (Wildman–Crippen LogP) is 5.79. The summed E-state index contributed by atoms with van der Waals surface area (Å²) in [7, 11) is 0. The molecular formula is C27H22N2O2. The highest BCUT2D eigenvalue weighted by molar-refractivity contribution is 5.81. The quantitative estimate of drug-likeness (QED) is 0.457. The number of carbonyl (C=O) groups is 1. The minimum Gasteiger partial charge on any atom is -0.449 e. The molecule has 0 aliphatic heterocycles. The van der Waals surface area contributed by atoms with Crippen LogP contribution in [-0.4, -0.2) is 24.2 Å². The minimum atomic E-state index is -0.414. The van der Waals surface area contributed by atoms with Gasteiger partial charge in [-0.15, -0.1) is 0 Å². The predicted molar refractivity (Wildman–Crippen MR) is 124 cm³/mol. The van der Waals surface area contributed by atoms with Crippen molar-refractivity contribution in [3.05, 3.63) is 108 Å². The lowest BCUT2D eigenvalue weighted by Crippen LogP contribution is -2.26. The molecule has 31 heavy (non-hydrogen) atoms. The number of aromatic nitrogens is 1. The van der Waals surface area contributed by atoms with Crippen LogP contribution in [0.5, 0.6) is 0 Å². The van der Waals surface area contributed by atoms with Crippen molar-refractivity contribution in [2.24, 2.45) is 0 Å². The number of nitrogens with zero attached hydrogens (tertiary/aromatic N) is 1. The summed E-state index contributed by atoms with van der Waals surface area (Å²) in [6.07, 6.45) is 5.26. The van der Waals surface area contributed by atoms with E-state index < -0.39 is 6.09 Å². The van der Waals surface area contributed by atoms with Crippen LogP contribution < -0.4 is 5.32 Å². The number of nitrogens with one attached hydrogen (secondary N) is 1. The molecule has 1 heterocycles. The van der Waals surface area contributed by atoms with Gasteiger partial charge in [0.05, 0.1) is 5.52 Å². The molecule has 1 aromatic heterocycles. The number of fused-ring (bicyclic) bond motifs is 4. The van der Waals surface area contributed by atoms with Crippen LogP contribution in [0.2, 0.25) is 0 Å². The van der Waals surface area contributed by atoms with Crippen LogP contribution in [0.4, 0.5) is 4.79 Å². The summed E-state index contributed by atoms with van der Waals surface area (Å²) in [6.45, 7) is 0.710. The number of pyridine rings is 1. The van der Waals surface area contributed by atoms with Gasteiger partial charge in [0.1, 0.15) is 6.61 Å². The molecule has 0 atom stereocenters. The second kappa shape index (κ2) is 8.44. The summed E-state index contributed by atoms with van der Waals surface area (Å²) in [5, 5.41) is 3.89. The van der Waals surface area contributed by atoms with Gasteiger partial charge in [-0.05, 0) is 39.9 Å². The second-order valence-electron chi connectivity index (χ2n) is 7.57. The van der Waals surface area contributed by atoms with Crippen molar-refractivity contribution in [3.8, 4) is 11.1 Å². The van der Waals surface area contributed by atoms with Gasteiger partial charge in [-0.25, -0.2) is 4.79 Å². The third-order valence-electron chi connectivity index (χ3n) is 5.63. The Hall–Kier alpha value is -3.92. The molecule has 152 valence electrons. The number of ether oxygens (including phenoxy) is 1. The Morgan fingerprint density at radius 2 is 1.61 bits per heavy atom. The molecule has 0 radical (unpaired) electrons. The van der Waals surface area contributed by atoms with Gasteiger partial charge in [-0.3, -0.25) is 4.98 Å². The van der Waals surface area contributed by atoms with E-state index in [-0.39, 0.29) is 5.92 Å². The number of rotatable bonds is 5. The van der Waals surface area contributed by atoms with Gasteiger partial charge < -0.3 is 10.1 Å². The molecule has 0 unspecified atom stereocenters. The molecule has 5 rings (SSSR count). The van der Waals surface area contributed by atoms with Crippen molar-refractivity contribution >= 4 is 23.1 Å². The number of carbonyl (C=O) groups excluding carboxylic acids is 1. The van der Waals surface area contributed by atoms with Crippen LogP contribution in [0.3, 0.4) is 0 Å². The van der Waals surface area contributed by atoms with Crippen LogP contribution in [0.1, 0.15) is 22.6 Å². The van der Waals surface area contributed by atoms with Crippen molar-refractivity contribution < 1.29 is 9.53 Å². The third-order valence-corrected chi connectivity index (χ3v) is 5.63. The Kier molecular flexibility index (Phi) is 5.19. The van der Waals surface area contributed by atoms with E-state index >= 15 is 0 Å². The minimum absolute atomic E-state index is 0.0670. The van der Waals surface area contributed by atoms with Gasteiger partial charge in [0, 0.05) is 24.0 Å². The highest BCUT2D eigenvalue weighted by Crippen LogP contribution is 2.44. The summed E-state index contributed by atoms with van der Waals surface area (Å²) >= 11 is 0. The van der Waals surface area contributed by atoms with Crippen LogP contribution >= 0.6 is 0 Å². The van der Waals surface area contributed by atoms with E-state index in [2.05, 4.69) is 40.6 Å². The summed E-state index contributed by atoms with van der Waals surface area (Å²) in [4.78, 5) is 16.7. The zero-order valence-electron chi connectivity index (χ0n) is 17.0. The first-order valence-electron chi connectivity index (χ1n) is 10.4.